The first-order valence-electron chi connectivity index (χ1n) is 9.40. The van der Waals surface area contributed by atoms with Crippen molar-refractivity contribution in [3.8, 4) is 0 Å². The zero-order valence-corrected chi connectivity index (χ0v) is 17.3. The van der Waals surface area contributed by atoms with Gasteiger partial charge in [-0.3, -0.25) is 0 Å². The van der Waals surface area contributed by atoms with E-state index >= 15 is 0 Å². The number of hydrogen-bond acceptors (Lipinski definition) is 3. The van der Waals surface area contributed by atoms with E-state index in [1.54, 1.807) is 7.11 Å². The van der Waals surface area contributed by atoms with Gasteiger partial charge in [-0.05, 0) is 21.8 Å². The molecule has 0 aliphatic carbocycles. The predicted octanol–water partition coefficient (Wildman–Crippen LogP) is 3.71. The fourth-order valence-corrected chi connectivity index (χ4v) is 8.67. The molecule has 26 heavy (non-hydrogen) atoms. The first-order chi connectivity index (χ1) is 12.5. The summed E-state index contributed by atoms with van der Waals surface area (Å²) in [7, 11) is -0.786. The maximum absolute atomic E-state index is 7.13. The van der Waals surface area contributed by atoms with Gasteiger partial charge < -0.3 is 13.9 Å². The molecule has 1 aliphatic heterocycles. The maximum Gasteiger partial charge on any atom is 0.261 e. The van der Waals surface area contributed by atoms with Crippen molar-refractivity contribution >= 4 is 18.7 Å². The number of rotatable bonds is 5. The highest BCUT2D eigenvalue weighted by molar-refractivity contribution is 6.99. The van der Waals surface area contributed by atoms with Crippen molar-refractivity contribution in [3.63, 3.8) is 0 Å². The maximum atomic E-state index is 7.13. The van der Waals surface area contributed by atoms with Gasteiger partial charge in [-0.15, -0.1) is 0 Å². The van der Waals surface area contributed by atoms with Crippen LogP contribution in [-0.4, -0.2) is 34.4 Å². The monoisotopic (exact) mass is 370 g/mol. The van der Waals surface area contributed by atoms with Gasteiger partial charge in [0.25, 0.3) is 8.32 Å². The van der Waals surface area contributed by atoms with Crippen molar-refractivity contribution in [1.82, 2.24) is 0 Å². The Hall–Kier alpha value is -1.46. The molecule has 0 amide bonds. The Morgan fingerprint density at radius 2 is 1.46 bits per heavy atom. The minimum Gasteiger partial charge on any atom is -0.404 e. The molecule has 1 fully saturated rings. The molecule has 1 heterocycles. The lowest BCUT2D eigenvalue weighted by Gasteiger charge is -2.46. The largest absolute Gasteiger partial charge is 0.404 e. The molecule has 4 heteroatoms. The second kappa shape index (κ2) is 8.05. The van der Waals surface area contributed by atoms with Crippen LogP contribution in [0.3, 0.4) is 0 Å². The first kappa shape index (κ1) is 19.3. The SMILES string of the molecule is COC1CC(O[Si](c2ccccc2)(c2ccccc2)C(C)(C)C)CCO1. The van der Waals surface area contributed by atoms with E-state index in [2.05, 4.69) is 81.4 Å². The molecular formula is C22H30O3Si. The van der Waals surface area contributed by atoms with Crippen LogP contribution in [0.5, 0.6) is 0 Å². The summed E-state index contributed by atoms with van der Waals surface area (Å²) in [5.41, 5.74) is 0. The van der Waals surface area contributed by atoms with E-state index in [-0.39, 0.29) is 17.4 Å². The van der Waals surface area contributed by atoms with E-state index in [9.17, 15) is 0 Å². The molecule has 2 unspecified atom stereocenters. The fourth-order valence-electron chi connectivity index (χ4n) is 3.94. The van der Waals surface area contributed by atoms with Crippen LogP contribution in [0.15, 0.2) is 60.7 Å². The molecule has 2 atom stereocenters. The standard InChI is InChI=1S/C22H30O3Si/c1-22(2,3)26(19-11-7-5-8-12-19,20-13-9-6-10-14-20)25-18-15-16-24-21(17-18)23-4/h5-14,18,21H,15-17H2,1-4H3. The molecule has 0 bridgehead atoms. The van der Waals surface area contributed by atoms with Gasteiger partial charge in [-0.2, -0.15) is 0 Å². The molecule has 140 valence electrons. The van der Waals surface area contributed by atoms with E-state index < -0.39 is 8.32 Å². The zero-order chi connectivity index (χ0) is 18.6. The summed E-state index contributed by atoms with van der Waals surface area (Å²) in [6.45, 7) is 7.62. The Morgan fingerprint density at radius 1 is 0.923 bits per heavy atom. The minimum atomic E-state index is -2.49. The number of methoxy groups -OCH3 is 1. The van der Waals surface area contributed by atoms with Gasteiger partial charge in [0.2, 0.25) is 0 Å². The molecule has 0 saturated carbocycles. The van der Waals surface area contributed by atoms with Crippen molar-refractivity contribution in [3.05, 3.63) is 60.7 Å². The third-order valence-corrected chi connectivity index (χ3v) is 10.3. The normalized spacial score (nSPS) is 21.5. The smallest absolute Gasteiger partial charge is 0.261 e. The molecule has 1 saturated heterocycles. The van der Waals surface area contributed by atoms with Crippen molar-refractivity contribution in [2.24, 2.45) is 0 Å². The lowest BCUT2D eigenvalue weighted by molar-refractivity contribution is -0.167. The zero-order valence-electron chi connectivity index (χ0n) is 16.3. The second-order valence-corrected chi connectivity index (χ2v) is 12.2. The third kappa shape index (κ3) is 3.79. The Kier molecular flexibility index (Phi) is 5.98. The Balaban J connectivity index is 2.08. The molecule has 2 aromatic carbocycles. The topological polar surface area (TPSA) is 27.7 Å². The highest BCUT2D eigenvalue weighted by atomic mass is 28.4. The molecule has 3 nitrogen and oxygen atoms in total. The highest BCUT2D eigenvalue weighted by Gasteiger charge is 2.51. The predicted molar refractivity (Wildman–Crippen MR) is 108 cm³/mol. The van der Waals surface area contributed by atoms with Crippen LogP contribution in [0.25, 0.3) is 0 Å². The van der Waals surface area contributed by atoms with E-state index in [0.29, 0.717) is 6.61 Å². The fraction of sp³-hybridized carbons (Fsp3) is 0.455. The van der Waals surface area contributed by atoms with Crippen LogP contribution >= 0.6 is 0 Å². The van der Waals surface area contributed by atoms with Crippen LogP contribution in [0, 0.1) is 0 Å². The first-order valence-corrected chi connectivity index (χ1v) is 11.3. The van der Waals surface area contributed by atoms with Crippen LogP contribution in [-0.2, 0) is 13.9 Å². The minimum absolute atomic E-state index is 0.00339. The summed E-state index contributed by atoms with van der Waals surface area (Å²) >= 11 is 0. The second-order valence-electron chi connectivity index (χ2n) is 7.96. The number of ether oxygens (including phenoxy) is 2. The lowest BCUT2D eigenvalue weighted by atomic mass is 10.1. The van der Waals surface area contributed by atoms with E-state index in [0.717, 1.165) is 12.8 Å². The summed E-state index contributed by atoms with van der Waals surface area (Å²) in [6.07, 6.45) is 1.65. The van der Waals surface area contributed by atoms with Gasteiger partial charge >= 0.3 is 0 Å². The average molecular weight is 371 g/mol. The molecule has 0 N–H and O–H groups in total. The van der Waals surface area contributed by atoms with Crippen molar-refractivity contribution in [2.45, 2.75) is 51.0 Å². The van der Waals surface area contributed by atoms with Crippen molar-refractivity contribution in [1.29, 1.82) is 0 Å². The Morgan fingerprint density at radius 3 is 1.92 bits per heavy atom. The van der Waals surface area contributed by atoms with Crippen LogP contribution in [0.1, 0.15) is 33.6 Å². The van der Waals surface area contributed by atoms with Gasteiger partial charge in [-0.1, -0.05) is 81.4 Å². The number of benzene rings is 2. The van der Waals surface area contributed by atoms with E-state index in [1.807, 2.05) is 0 Å². The average Bonchev–Trinajstić information content (AvgIpc) is 2.66. The van der Waals surface area contributed by atoms with Gasteiger partial charge in [-0.25, -0.2) is 0 Å². The van der Waals surface area contributed by atoms with Gasteiger partial charge in [0.15, 0.2) is 6.29 Å². The quantitative estimate of drug-likeness (QED) is 0.751. The molecule has 1 aliphatic rings. The summed E-state index contributed by atoms with van der Waals surface area (Å²) in [6, 6.07) is 21.6. The Labute approximate surface area is 158 Å². The van der Waals surface area contributed by atoms with E-state index in [4.69, 9.17) is 13.9 Å². The molecular weight excluding hydrogens is 340 g/mol. The van der Waals surface area contributed by atoms with Gasteiger partial charge in [0.05, 0.1) is 12.7 Å². The van der Waals surface area contributed by atoms with Crippen LogP contribution in [0.2, 0.25) is 5.04 Å². The summed E-state index contributed by atoms with van der Waals surface area (Å²) in [5.74, 6) is 0. The summed E-state index contributed by atoms with van der Waals surface area (Å²) < 4.78 is 18.3. The molecule has 0 radical (unpaired) electrons. The number of hydrogen-bond donors (Lipinski definition) is 0. The van der Waals surface area contributed by atoms with Crippen molar-refractivity contribution in [2.75, 3.05) is 13.7 Å². The molecule has 2 aromatic rings. The molecule has 3 rings (SSSR count). The van der Waals surface area contributed by atoms with Crippen LogP contribution in [0.4, 0.5) is 0 Å². The van der Waals surface area contributed by atoms with Gasteiger partial charge in [0, 0.05) is 13.5 Å². The summed E-state index contributed by atoms with van der Waals surface area (Å²) in [4.78, 5) is 0. The van der Waals surface area contributed by atoms with Crippen molar-refractivity contribution < 1.29 is 13.9 Å². The third-order valence-electron chi connectivity index (χ3n) is 5.22. The lowest BCUT2D eigenvalue weighted by Crippen LogP contribution is -2.68. The highest BCUT2D eigenvalue weighted by Crippen LogP contribution is 2.38. The molecule has 0 spiro atoms. The molecule has 0 aromatic heterocycles. The van der Waals surface area contributed by atoms with Crippen LogP contribution < -0.4 is 10.4 Å². The Bertz CT molecular complexity index is 642. The summed E-state index contributed by atoms with van der Waals surface area (Å²) in [5, 5.41) is 2.63. The van der Waals surface area contributed by atoms with Gasteiger partial charge in [0.1, 0.15) is 0 Å². The van der Waals surface area contributed by atoms with E-state index in [1.165, 1.54) is 10.4 Å².